The Labute approximate surface area is 148 Å². The molecular formula is C20H24N2O3. The number of aryl methyl sites for hydroxylation is 2. The predicted octanol–water partition coefficient (Wildman–Crippen LogP) is 2.20. The van der Waals surface area contributed by atoms with Crippen molar-refractivity contribution in [2.75, 3.05) is 7.11 Å². The van der Waals surface area contributed by atoms with Gasteiger partial charge in [-0.15, -0.1) is 0 Å². The van der Waals surface area contributed by atoms with Crippen LogP contribution in [0.1, 0.15) is 28.4 Å². The first-order valence-corrected chi connectivity index (χ1v) is 8.16. The second-order valence-corrected chi connectivity index (χ2v) is 6.11. The van der Waals surface area contributed by atoms with Crippen molar-refractivity contribution in [3.63, 3.8) is 0 Å². The molecule has 2 rings (SSSR count). The third kappa shape index (κ3) is 4.90. The van der Waals surface area contributed by atoms with E-state index in [4.69, 9.17) is 10.5 Å². The Balaban J connectivity index is 2.13. The number of hydrogen-bond acceptors (Lipinski definition) is 3. The zero-order chi connectivity index (χ0) is 18.4. The Kier molecular flexibility index (Phi) is 6.31. The molecule has 0 heterocycles. The second-order valence-electron chi connectivity index (χ2n) is 6.11. The summed E-state index contributed by atoms with van der Waals surface area (Å²) in [5.74, 6) is -0.962. The van der Waals surface area contributed by atoms with Crippen LogP contribution in [-0.4, -0.2) is 25.0 Å². The Morgan fingerprint density at radius 3 is 2.32 bits per heavy atom. The quantitative estimate of drug-likeness (QED) is 0.811. The minimum Gasteiger partial charge on any atom is -0.368 e. The first-order chi connectivity index (χ1) is 11.9. The third-order valence-corrected chi connectivity index (χ3v) is 4.25. The Morgan fingerprint density at radius 2 is 1.76 bits per heavy atom. The zero-order valence-corrected chi connectivity index (χ0v) is 14.8. The number of rotatable bonds is 7. The molecular weight excluding hydrogens is 316 g/mol. The highest BCUT2D eigenvalue weighted by Crippen LogP contribution is 2.17. The summed E-state index contributed by atoms with van der Waals surface area (Å²) in [6.07, 6.45) is -0.448. The molecule has 5 nitrogen and oxygen atoms in total. The number of amides is 2. The van der Waals surface area contributed by atoms with Gasteiger partial charge in [0, 0.05) is 13.5 Å². The van der Waals surface area contributed by atoms with Gasteiger partial charge in [-0.25, -0.2) is 0 Å². The van der Waals surface area contributed by atoms with E-state index in [1.165, 1.54) is 12.7 Å². The molecule has 2 amide bonds. The minimum atomic E-state index is -0.795. The minimum absolute atomic E-state index is 0.341. The molecule has 25 heavy (non-hydrogen) atoms. The zero-order valence-electron chi connectivity index (χ0n) is 14.8. The fourth-order valence-corrected chi connectivity index (χ4v) is 2.66. The first kappa shape index (κ1) is 18.7. The predicted molar refractivity (Wildman–Crippen MR) is 96.9 cm³/mol. The molecule has 0 saturated carbocycles. The highest BCUT2D eigenvalue weighted by atomic mass is 16.5. The average Bonchev–Trinajstić information content (AvgIpc) is 2.59. The van der Waals surface area contributed by atoms with E-state index >= 15 is 0 Å². The summed E-state index contributed by atoms with van der Waals surface area (Å²) in [4.78, 5) is 24.4. The molecule has 0 aliphatic rings. The van der Waals surface area contributed by atoms with Gasteiger partial charge in [0.05, 0.1) is 0 Å². The third-order valence-electron chi connectivity index (χ3n) is 4.25. The number of primary amides is 1. The summed E-state index contributed by atoms with van der Waals surface area (Å²) in [6.45, 7) is 4.03. The lowest BCUT2D eigenvalue weighted by Gasteiger charge is -2.20. The van der Waals surface area contributed by atoms with Crippen molar-refractivity contribution >= 4 is 11.8 Å². The maximum absolute atomic E-state index is 12.6. The lowest BCUT2D eigenvalue weighted by molar-refractivity contribution is -0.134. The van der Waals surface area contributed by atoms with Gasteiger partial charge in [0.1, 0.15) is 6.04 Å². The average molecular weight is 340 g/mol. The Morgan fingerprint density at radius 1 is 1.08 bits per heavy atom. The number of carbonyl (C=O) groups excluding carboxylic acids is 2. The Bertz CT molecular complexity index is 744. The fraction of sp³-hybridized carbons (Fsp3) is 0.300. The maximum Gasteiger partial charge on any atom is 0.254 e. The molecule has 2 aromatic rings. The van der Waals surface area contributed by atoms with Crippen molar-refractivity contribution in [1.29, 1.82) is 0 Å². The lowest BCUT2D eigenvalue weighted by Crippen LogP contribution is -2.47. The van der Waals surface area contributed by atoms with E-state index in [0.29, 0.717) is 6.42 Å². The molecule has 0 saturated heterocycles. The van der Waals surface area contributed by atoms with Crippen LogP contribution >= 0.6 is 0 Å². The highest BCUT2D eigenvalue weighted by Gasteiger charge is 2.25. The van der Waals surface area contributed by atoms with Gasteiger partial charge in [0.25, 0.3) is 5.91 Å². The van der Waals surface area contributed by atoms with E-state index in [1.807, 2.05) is 50.2 Å². The summed E-state index contributed by atoms with van der Waals surface area (Å²) in [5, 5.41) is 2.71. The van der Waals surface area contributed by atoms with Gasteiger partial charge in [-0.2, -0.15) is 0 Å². The summed E-state index contributed by atoms with van der Waals surface area (Å²) in [7, 11) is 1.46. The summed E-state index contributed by atoms with van der Waals surface area (Å²) in [6, 6.07) is 14.3. The fourth-order valence-electron chi connectivity index (χ4n) is 2.66. The second kappa shape index (κ2) is 8.44. The standard InChI is InChI=1S/C20H24N2O3/c1-13-9-10-15(11-14(13)2)12-17(19(21)23)22-20(24)18(25-3)16-7-5-4-6-8-16/h4-11,17-18H,12H2,1-3H3,(H2,21,23)(H,22,24)/t17-,18-/m0/s1. The van der Waals surface area contributed by atoms with Crippen molar-refractivity contribution in [2.24, 2.45) is 5.73 Å². The molecule has 2 aromatic carbocycles. The van der Waals surface area contributed by atoms with E-state index < -0.39 is 18.1 Å². The molecule has 3 N–H and O–H groups in total. The van der Waals surface area contributed by atoms with E-state index in [9.17, 15) is 9.59 Å². The SMILES string of the molecule is CO[C@H](C(=O)N[C@@H](Cc1ccc(C)c(C)c1)C(N)=O)c1ccccc1. The molecule has 0 unspecified atom stereocenters. The van der Waals surface area contributed by atoms with Gasteiger partial charge in [-0.1, -0.05) is 48.5 Å². The largest absolute Gasteiger partial charge is 0.368 e. The summed E-state index contributed by atoms with van der Waals surface area (Å²) in [5.41, 5.74) is 9.45. The van der Waals surface area contributed by atoms with E-state index in [0.717, 1.165) is 16.7 Å². The van der Waals surface area contributed by atoms with Crippen LogP contribution in [-0.2, 0) is 20.7 Å². The number of nitrogens with two attached hydrogens (primary N) is 1. The highest BCUT2D eigenvalue weighted by molar-refractivity contribution is 5.89. The first-order valence-electron chi connectivity index (χ1n) is 8.16. The van der Waals surface area contributed by atoms with Gasteiger partial charge < -0.3 is 15.8 Å². The van der Waals surface area contributed by atoms with Crippen LogP contribution in [0.3, 0.4) is 0 Å². The number of ether oxygens (including phenoxy) is 1. The number of carbonyl (C=O) groups is 2. The molecule has 5 heteroatoms. The molecule has 132 valence electrons. The van der Waals surface area contributed by atoms with Crippen LogP contribution in [0.4, 0.5) is 0 Å². The van der Waals surface area contributed by atoms with Crippen molar-refractivity contribution in [1.82, 2.24) is 5.32 Å². The van der Waals surface area contributed by atoms with Crippen LogP contribution in [0.5, 0.6) is 0 Å². The number of hydrogen-bond donors (Lipinski definition) is 2. The van der Waals surface area contributed by atoms with Crippen molar-refractivity contribution < 1.29 is 14.3 Å². The molecule has 0 fully saturated rings. The van der Waals surface area contributed by atoms with E-state index in [-0.39, 0.29) is 5.91 Å². The molecule has 0 aliphatic heterocycles. The van der Waals surface area contributed by atoms with E-state index in [1.54, 1.807) is 12.1 Å². The maximum atomic E-state index is 12.6. The van der Waals surface area contributed by atoms with Gasteiger partial charge in [0.2, 0.25) is 5.91 Å². The number of benzene rings is 2. The molecule has 0 bridgehead atoms. The Hall–Kier alpha value is -2.66. The van der Waals surface area contributed by atoms with Crippen molar-refractivity contribution in [2.45, 2.75) is 32.4 Å². The van der Waals surface area contributed by atoms with Gasteiger partial charge in [0.15, 0.2) is 6.10 Å². The molecule has 0 aromatic heterocycles. The molecule has 0 aliphatic carbocycles. The molecule has 0 spiro atoms. The summed E-state index contributed by atoms with van der Waals surface area (Å²) < 4.78 is 5.30. The van der Waals surface area contributed by atoms with Crippen LogP contribution in [0.25, 0.3) is 0 Å². The normalized spacial score (nSPS) is 13.1. The lowest BCUT2D eigenvalue weighted by atomic mass is 10.00. The van der Waals surface area contributed by atoms with Crippen LogP contribution < -0.4 is 11.1 Å². The summed E-state index contributed by atoms with van der Waals surface area (Å²) >= 11 is 0. The van der Waals surface area contributed by atoms with Crippen molar-refractivity contribution in [3.8, 4) is 0 Å². The van der Waals surface area contributed by atoms with Crippen LogP contribution in [0.15, 0.2) is 48.5 Å². The topological polar surface area (TPSA) is 81.4 Å². The van der Waals surface area contributed by atoms with Gasteiger partial charge in [-0.05, 0) is 36.1 Å². The van der Waals surface area contributed by atoms with Crippen LogP contribution in [0.2, 0.25) is 0 Å². The molecule has 2 atom stereocenters. The van der Waals surface area contributed by atoms with Gasteiger partial charge >= 0.3 is 0 Å². The van der Waals surface area contributed by atoms with Crippen molar-refractivity contribution in [3.05, 3.63) is 70.8 Å². The molecule has 0 radical (unpaired) electrons. The van der Waals surface area contributed by atoms with Crippen LogP contribution in [0, 0.1) is 13.8 Å². The smallest absolute Gasteiger partial charge is 0.254 e. The number of nitrogens with one attached hydrogen (secondary N) is 1. The monoisotopic (exact) mass is 340 g/mol. The van der Waals surface area contributed by atoms with Gasteiger partial charge in [-0.3, -0.25) is 9.59 Å². The van der Waals surface area contributed by atoms with E-state index in [2.05, 4.69) is 5.32 Å². The number of methoxy groups -OCH3 is 1.